The minimum atomic E-state index is -3.60. The van der Waals surface area contributed by atoms with E-state index in [4.69, 9.17) is 4.74 Å². The number of ether oxygens (including phenoxy) is 1. The number of nitrogens with zero attached hydrogens (tertiary/aromatic N) is 1. The van der Waals surface area contributed by atoms with Crippen LogP contribution in [0.1, 0.15) is 18.9 Å². The van der Waals surface area contributed by atoms with Gasteiger partial charge in [-0.2, -0.15) is 4.31 Å². The van der Waals surface area contributed by atoms with Crippen LogP contribution in [0.2, 0.25) is 0 Å². The van der Waals surface area contributed by atoms with Gasteiger partial charge in [-0.25, -0.2) is 8.42 Å². The zero-order chi connectivity index (χ0) is 19.0. The Hall–Kier alpha value is -2.38. The van der Waals surface area contributed by atoms with Crippen LogP contribution >= 0.6 is 0 Å². The number of benzene rings is 2. The Morgan fingerprint density at radius 2 is 1.73 bits per heavy atom. The average molecular weight is 376 g/mol. The SMILES string of the molecule is CCCNC(=O)COc1ccc(S(=O)(=O)N(C)Cc2ccccc2)cc1. The monoisotopic (exact) mass is 376 g/mol. The first-order chi connectivity index (χ1) is 12.4. The van der Waals surface area contributed by atoms with Crippen LogP contribution in [-0.4, -0.2) is 38.8 Å². The molecule has 0 aliphatic carbocycles. The summed E-state index contributed by atoms with van der Waals surface area (Å²) in [5.74, 6) is 0.243. The summed E-state index contributed by atoms with van der Waals surface area (Å²) in [5, 5.41) is 2.71. The number of carbonyl (C=O) groups is 1. The van der Waals surface area contributed by atoms with Crippen LogP contribution in [0.4, 0.5) is 0 Å². The van der Waals surface area contributed by atoms with Crippen LogP contribution in [0, 0.1) is 0 Å². The van der Waals surface area contributed by atoms with E-state index in [0.29, 0.717) is 18.8 Å². The van der Waals surface area contributed by atoms with Crippen molar-refractivity contribution in [2.45, 2.75) is 24.8 Å². The maximum absolute atomic E-state index is 12.7. The molecule has 0 saturated heterocycles. The Labute approximate surface area is 154 Å². The molecule has 2 rings (SSSR count). The van der Waals surface area contributed by atoms with Crippen molar-refractivity contribution >= 4 is 15.9 Å². The minimum absolute atomic E-state index is 0.0972. The minimum Gasteiger partial charge on any atom is -0.484 e. The van der Waals surface area contributed by atoms with Gasteiger partial charge in [0.2, 0.25) is 10.0 Å². The topological polar surface area (TPSA) is 75.7 Å². The van der Waals surface area contributed by atoms with E-state index in [9.17, 15) is 13.2 Å². The third-order valence-electron chi connectivity index (χ3n) is 3.72. The van der Waals surface area contributed by atoms with Crippen molar-refractivity contribution in [3.05, 3.63) is 60.2 Å². The molecule has 0 unspecified atom stereocenters. The summed E-state index contributed by atoms with van der Waals surface area (Å²) in [6.45, 7) is 2.77. The van der Waals surface area contributed by atoms with E-state index < -0.39 is 10.0 Å². The van der Waals surface area contributed by atoms with Gasteiger partial charge in [0.25, 0.3) is 5.91 Å². The quantitative estimate of drug-likeness (QED) is 0.729. The van der Waals surface area contributed by atoms with Gasteiger partial charge in [-0.05, 0) is 36.2 Å². The number of amides is 1. The van der Waals surface area contributed by atoms with Crippen LogP contribution in [0.15, 0.2) is 59.5 Å². The molecule has 0 heterocycles. The highest BCUT2D eigenvalue weighted by Crippen LogP contribution is 2.20. The highest BCUT2D eigenvalue weighted by molar-refractivity contribution is 7.89. The van der Waals surface area contributed by atoms with Gasteiger partial charge in [-0.1, -0.05) is 37.3 Å². The van der Waals surface area contributed by atoms with E-state index in [1.165, 1.54) is 16.4 Å². The van der Waals surface area contributed by atoms with Crippen LogP contribution in [-0.2, 0) is 21.4 Å². The van der Waals surface area contributed by atoms with E-state index >= 15 is 0 Å². The van der Waals surface area contributed by atoms with E-state index in [1.807, 2.05) is 37.3 Å². The maximum Gasteiger partial charge on any atom is 0.257 e. The molecule has 140 valence electrons. The van der Waals surface area contributed by atoms with Crippen molar-refractivity contribution in [2.24, 2.45) is 0 Å². The number of carbonyl (C=O) groups excluding carboxylic acids is 1. The summed E-state index contributed by atoms with van der Waals surface area (Å²) in [4.78, 5) is 11.7. The van der Waals surface area contributed by atoms with Gasteiger partial charge in [0.15, 0.2) is 6.61 Å². The fourth-order valence-electron chi connectivity index (χ4n) is 2.28. The Morgan fingerprint density at radius 3 is 2.35 bits per heavy atom. The first-order valence-corrected chi connectivity index (χ1v) is 9.87. The second kappa shape index (κ2) is 9.35. The third kappa shape index (κ3) is 5.57. The lowest BCUT2D eigenvalue weighted by molar-refractivity contribution is -0.123. The molecule has 0 bridgehead atoms. The summed E-state index contributed by atoms with van der Waals surface area (Å²) >= 11 is 0. The molecule has 0 aliphatic rings. The van der Waals surface area contributed by atoms with Gasteiger partial charge in [0.1, 0.15) is 5.75 Å². The molecule has 26 heavy (non-hydrogen) atoms. The van der Waals surface area contributed by atoms with Crippen molar-refractivity contribution in [1.82, 2.24) is 9.62 Å². The summed E-state index contributed by atoms with van der Waals surface area (Å²) in [7, 11) is -2.05. The molecule has 6 nitrogen and oxygen atoms in total. The molecule has 1 amide bonds. The van der Waals surface area contributed by atoms with Gasteiger partial charge in [0, 0.05) is 20.1 Å². The molecular weight excluding hydrogens is 352 g/mol. The van der Waals surface area contributed by atoms with Crippen LogP contribution in [0.25, 0.3) is 0 Å². The number of sulfonamides is 1. The highest BCUT2D eigenvalue weighted by atomic mass is 32.2. The Morgan fingerprint density at radius 1 is 1.08 bits per heavy atom. The zero-order valence-corrected chi connectivity index (χ0v) is 15.8. The lowest BCUT2D eigenvalue weighted by Crippen LogP contribution is -2.29. The van der Waals surface area contributed by atoms with E-state index in [2.05, 4.69) is 5.32 Å². The average Bonchev–Trinajstić information content (AvgIpc) is 2.65. The van der Waals surface area contributed by atoms with Gasteiger partial charge < -0.3 is 10.1 Å². The van der Waals surface area contributed by atoms with E-state index in [-0.39, 0.29) is 17.4 Å². The normalized spacial score (nSPS) is 11.3. The van der Waals surface area contributed by atoms with Crippen molar-refractivity contribution in [2.75, 3.05) is 20.2 Å². The van der Waals surface area contributed by atoms with E-state index in [0.717, 1.165) is 12.0 Å². The highest BCUT2D eigenvalue weighted by Gasteiger charge is 2.20. The van der Waals surface area contributed by atoms with Crippen LogP contribution < -0.4 is 10.1 Å². The van der Waals surface area contributed by atoms with Crippen LogP contribution in [0.3, 0.4) is 0 Å². The van der Waals surface area contributed by atoms with Gasteiger partial charge in [0.05, 0.1) is 4.90 Å². The fraction of sp³-hybridized carbons (Fsp3) is 0.316. The predicted molar refractivity (Wildman–Crippen MR) is 100 cm³/mol. The van der Waals surface area contributed by atoms with E-state index in [1.54, 1.807) is 19.2 Å². The molecule has 0 aromatic heterocycles. The smallest absolute Gasteiger partial charge is 0.257 e. The lowest BCUT2D eigenvalue weighted by atomic mass is 10.2. The largest absolute Gasteiger partial charge is 0.484 e. The second-order valence-corrected chi connectivity index (χ2v) is 7.90. The Bertz CT molecular complexity index is 805. The van der Waals surface area contributed by atoms with Gasteiger partial charge in [-0.3, -0.25) is 4.79 Å². The van der Waals surface area contributed by atoms with Crippen LogP contribution in [0.5, 0.6) is 5.75 Å². The zero-order valence-electron chi connectivity index (χ0n) is 15.0. The van der Waals surface area contributed by atoms with Gasteiger partial charge >= 0.3 is 0 Å². The number of nitrogens with one attached hydrogen (secondary N) is 1. The predicted octanol–water partition coefficient (Wildman–Crippen LogP) is 2.41. The molecule has 0 saturated carbocycles. The van der Waals surface area contributed by atoms with Crippen molar-refractivity contribution < 1.29 is 17.9 Å². The lowest BCUT2D eigenvalue weighted by Gasteiger charge is -2.17. The first-order valence-electron chi connectivity index (χ1n) is 8.43. The molecule has 0 spiro atoms. The van der Waals surface area contributed by atoms with Crippen molar-refractivity contribution in [3.8, 4) is 5.75 Å². The molecule has 0 atom stereocenters. The molecule has 0 radical (unpaired) electrons. The number of hydrogen-bond acceptors (Lipinski definition) is 4. The summed E-state index contributed by atoms with van der Waals surface area (Å²) < 4.78 is 32.0. The molecule has 0 fully saturated rings. The third-order valence-corrected chi connectivity index (χ3v) is 5.54. The fourth-order valence-corrected chi connectivity index (χ4v) is 3.44. The summed E-state index contributed by atoms with van der Waals surface area (Å²) in [6, 6.07) is 15.5. The molecule has 7 heteroatoms. The Balaban J connectivity index is 1.98. The standard InChI is InChI=1S/C19H24N2O4S/c1-3-13-20-19(22)15-25-17-9-11-18(12-10-17)26(23,24)21(2)14-16-7-5-4-6-8-16/h4-12H,3,13-15H2,1-2H3,(H,20,22). The second-order valence-electron chi connectivity index (χ2n) is 5.86. The first kappa shape index (κ1) is 19.9. The summed E-state index contributed by atoms with van der Waals surface area (Å²) in [5.41, 5.74) is 0.914. The molecule has 0 aliphatic heterocycles. The maximum atomic E-state index is 12.7. The molecule has 2 aromatic carbocycles. The van der Waals surface area contributed by atoms with Crippen molar-refractivity contribution in [1.29, 1.82) is 0 Å². The number of rotatable bonds is 9. The van der Waals surface area contributed by atoms with Gasteiger partial charge in [-0.15, -0.1) is 0 Å². The van der Waals surface area contributed by atoms with Crippen molar-refractivity contribution in [3.63, 3.8) is 0 Å². The number of hydrogen-bond donors (Lipinski definition) is 1. The molecule has 1 N–H and O–H groups in total. The molecule has 2 aromatic rings. The summed E-state index contributed by atoms with van der Waals surface area (Å²) in [6.07, 6.45) is 0.856. The molecular formula is C19H24N2O4S. The Kier molecular flexibility index (Phi) is 7.17.